The molecule has 3 nitrogen and oxygen atoms in total. The van der Waals surface area contributed by atoms with Gasteiger partial charge in [0.2, 0.25) is 0 Å². The molecule has 0 radical (unpaired) electrons. The third kappa shape index (κ3) is 1.71. The molecule has 0 aliphatic heterocycles. The molecule has 0 atom stereocenters. The minimum absolute atomic E-state index is 0.615. The van der Waals surface area contributed by atoms with Gasteiger partial charge < -0.3 is 0 Å². The van der Waals surface area contributed by atoms with Gasteiger partial charge in [-0.25, -0.2) is 0 Å². The lowest BCUT2D eigenvalue weighted by molar-refractivity contribution is 0.647. The minimum atomic E-state index is 0.615. The van der Waals surface area contributed by atoms with Crippen molar-refractivity contribution >= 4 is 10.9 Å². The van der Waals surface area contributed by atoms with Crippen molar-refractivity contribution in [1.82, 2.24) is 15.2 Å². The smallest absolute Gasteiger partial charge is 0.0992 e. The van der Waals surface area contributed by atoms with E-state index in [9.17, 15) is 0 Å². The zero-order chi connectivity index (χ0) is 9.97. The third-order valence-corrected chi connectivity index (χ3v) is 2.13. The first-order chi connectivity index (χ1) is 6.77. The number of aromatic nitrogens is 3. The lowest BCUT2D eigenvalue weighted by Crippen LogP contribution is -1.98. The molecule has 14 heavy (non-hydrogen) atoms. The molecule has 3 heteroatoms. The van der Waals surface area contributed by atoms with Gasteiger partial charge in [0, 0.05) is 17.8 Å². The van der Waals surface area contributed by atoms with Gasteiger partial charge in [-0.05, 0) is 24.0 Å². The highest BCUT2D eigenvalue weighted by molar-refractivity contribution is 5.79. The van der Waals surface area contributed by atoms with Crippen LogP contribution in [0.4, 0.5) is 0 Å². The molecule has 0 amide bonds. The Kier molecular flexibility index (Phi) is 2.39. The Morgan fingerprint density at radius 2 is 2.14 bits per heavy atom. The van der Waals surface area contributed by atoms with E-state index in [1.165, 1.54) is 5.56 Å². The Labute approximate surface area is 83.2 Å². The van der Waals surface area contributed by atoms with Gasteiger partial charge in [-0.2, -0.15) is 10.2 Å². The van der Waals surface area contributed by atoms with Crippen LogP contribution < -0.4 is 0 Å². The highest BCUT2D eigenvalue weighted by Crippen LogP contribution is 2.16. The molecule has 0 aliphatic carbocycles. The fraction of sp³-hybridized carbons (Fsp3) is 0.364. The van der Waals surface area contributed by atoms with Gasteiger partial charge in [0.15, 0.2) is 0 Å². The van der Waals surface area contributed by atoms with Gasteiger partial charge in [-0.3, -0.25) is 4.98 Å². The standard InChI is InChI=1S/C11H13N3/c1-8(2)5-10-7-12-6-9-3-4-13-14-11(9)10/h3-4,6-8H,5H2,1-2H3. The van der Waals surface area contributed by atoms with E-state index in [1.54, 1.807) is 6.20 Å². The predicted molar refractivity (Wildman–Crippen MR) is 55.9 cm³/mol. The number of rotatable bonds is 2. The lowest BCUT2D eigenvalue weighted by Gasteiger charge is -2.06. The summed E-state index contributed by atoms with van der Waals surface area (Å²) in [6.07, 6.45) is 6.41. The van der Waals surface area contributed by atoms with Crippen LogP contribution in [-0.2, 0) is 6.42 Å². The summed E-state index contributed by atoms with van der Waals surface area (Å²) in [6, 6.07) is 1.94. The SMILES string of the molecule is CC(C)Cc1cncc2ccnnc12. The third-order valence-electron chi connectivity index (χ3n) is 2.13. The Morgan fingerprint density at radius 3 is 2.93 bits per heavy atom. The number of nitrogens with zero attached hydrogens (tertiary/aromatic N) is 3. The largest absolute Gasteiger partial charge is 0.264 e. The van der Waals surface area contributed by atoms with E-state index in [0.29, 0.717) is 5.92 Å². The topological polar surface area (TPSA) is 38.7 Å². The van der Waals surface area contributed by atoms with Crippen LogP contribution in [0.5, 0.6) is 0 Å². The molecule has 2 aromatic rings. The highest BCUT2D eigenvalue weighted by atomic mass is 15.1. The molecule has 2 rings (SSSR count). The molecule has 72 valence electrons. The second kappa shape index (κ2) is 3.70. The van der Waals surface area contributed by atoms with Crippen molar-refractivity contribution in [2.45, 2.75) is 20.3 Å². The number of hydrogen-bond acceptors (Lipinski definition) is 3. The highest BCUT2D eigenvalue weighted by Gasteiger charge is 2.04. The van der Waals surface area contributed by atoms with Crippen LogP contribution in [0.2, 0.25) is 0 Å². The van der Waals surface area contributed by atoms with E-state index >= 15 is 0 Å². The Balaban J connectivity index is 2.53. The van der Waals surface area contributed by atoms with Crippen LogP contribution in [0.1, 0.15) is 19.4 Å². The van der Waals surface area contributed by atoms with Crippen molar-refractivity contribution in [3.05, 3.63) is 30.2 Å². The molecule has 0 N–H and O–H groups in total. The zero-order valence-electron chi connectivity index (χ0n) is 8.44. The first-order valence-electron chi connectivity index (χ1n) is 4.81. The molecule has 0 spiro atoms. The number of fused-ring (bicyclic) bond motifs is 1. The summed E-state index contributed by atoms with van der Waals surface area (Å²) in [5.41, 5.74) is 2.17. The number of pyridine rings is 1. The summed E-state index contributed by atoms with van der Waals surface area (Å²) in [5.74, 6) is 0.615. The molecule has 0 saturated heterocycles. The Hall–Kier alpha value is -1.51. The van der Waals surface area contributed by atoms with E-state index in [0.717, 1.165) is 17.3 Å². The first kappa shape index (κ1) is 9.06. The maximum absolute atomic E-state index is 4.20. The normalized spacial score (nSPS) is 11.1. The van der Waals surface area contributed by atoms with Gasteiger partial charge in [-0.15, -0.1) is 0 Å². The average molecular weight is 187 g/mol. The van der Waals surface area contributed by atoms with E-state index in [4.69, 9.17) is 0 Å². The van der Waals surface area contributed by atoms with Crippen LogP contribution in [0.15, 0.2) is 24.7 Å². The summed E-state index contributed by atoms with van der Waals surface area (Å²) >= 11 is 0. The van der Waals surface area contributed by atoms with Gasteiger partial charge in [0.1, 0.15) is 0 Å². The summed E-state index contributed by atoms with van der Waals surface area (Å²) in [6.45, 7) is 4.38. The van der Waals surface area contributed by atoms with Gasteiger partial charge in [0.25, 0.3) is 0 Å². The fourth-order valence-electron chi connectivity index (χ4n) is 1.55. The van der Waals surface area contributed by atoms with Crippen molar-refractivity contribution in [3.8, 4) is 0 Å². The van der Waals surface area contributed by atoms with Crippen LogP contribution >= 0.6 is 0 Å². The van der Waals surface area contributed by atoms with E-state index in [1.807, 2.05) is 18.5 Å². The lowest BCUT2D eigenvalue weighted by atomic mass is 10.0. The first-order valence-corrected chi connectivity index (χ1v) is 4.81. The van der Waals surface area contributed by atoms with E-state index < -0.39 is 0 Å². The minimum Gasteiger partial charge on any atom is -0.264 e. The van der Waals surface area contributed by atoms with E-state index in [-0.39, 0.29) is 0 Å². The molecule has 0 bridgehead atoms. The van der Waals surface area contributed by atoms with Crippen molar-refractivity contribution in [1.29, 1.82) is 0 Å². The molecule has 2 aromatic heterocycles. The van der Waals surface area contributed by atoms with Crippen LogP contribution in [-0.4, -0.2) is 15.2 Å². The van der Waals surface area contributed by atoms with Crippen molar-refractivity contribution < 1.29 is 0 Å². The van der Waals surface area contributed by atoms with Crippen LogP contribution in [0.25, 0.3) is 10.9 Å². The maximum atomic E-state index is 4.20. The molecule has 0 fully saturated rings. The molecule has 0 saturated carbocycles. The molecular formula is C11H13N3. The molecule has 0 aliphatic rings. The van der Waals surface area contributed by atoms with Crippen LogP contribution in [0, 0.1) is 5.92 Å². The quantitative estimate of drug-likeness (QED) is 0.723. The van der Waals surface area contributed by atoms with E-state index in [2.05, 4.69) is 29.0 Å². The second-order valence-corrected chi connectivity index (χ2v) is 3.87. The molecular weight excluding hydrogens is 174 g/mol. The monoisotopic (exact) mass is 187 g/mol. The average Bonchev–Trinajstić information content (AvgIpc) is 2.18. The summed E-state index contributed by atoms with van der Waals surface area (Å²) < 4.78 is 0. The fourth-order valence-corrected chi connectivity index (χ4v) is 1.55. The van der Waals surface area contributed by atoms with Crippen LogP contribution in [0.3, 0.4) is 0 Å². The van der Waals surface area contributed by atoms with Gasteiger partial charge >= 0.3 is 0 Å². The summed E-state index contributed by atoms with van der Waals surface area (Å²) in [4.78, 5) is 4.20. The van der Waals surface area contributed by atoms with Crippen molar-refractivity contribution in [3.63, 3.8) is 0 Å². The second-order valence-electron chi connectivity index (χ2n) is 3.87. The van der Waals surface area contributed by atoms with Crippen molar-refractivity contribution in [2.75, 3.05) is 0 Å². The molecule has 0 aromatic carbocycles. The molecule has 0 unspecified atom stereocenters. The van der Waals surface area contributed by atoms with Crippen molar-refractivity contribution in [2.24, 2.45) is 5.92 Å². The maximum Gasteiger partial charge on any atom is 0.0992 e. The van der Waals surface area contributed by atoms with Gasteiger partial charge in [0.05, 0.1) is 11.7 Å². The predicted octanol–water partition coefficient (Wildman–Crippen LogP) is 2.22. The Morgan fingerprint density at radius 1 is 1.29 bits per heavy atom. The molecule has 2 heterocycles. The van der Waals surface area contributed by atoms with Gasteiger partial charge in [-0.1, -0.05) is 13.8 Å². The number of hydrogen-bond donors (Lipinski definition) is 0. The Bertz CT molecular complexity index is 432. The summed E-state index contributed by atoms with van der Waals surface area (Å²) in [5, 5.41) is 9.11. The zero-order valence-corrected chi connectivity index (χ0v) is 8.44. The summed E-state index contributed by atoms with van der Waals surface area (Å²) in [7, 11) is 0.